The van der Waals surface area contributed by atoms with Gasteiger partial charge in [0.2, 0.25) is 5.88 Å². The third-order valence-corrected chi connectivity index (χ3v) is 4.91. The molecular weight excluding hydrogens is 480 g/mol. The number of ether oxygens (including phenoxy) is 2. The largest absolute Gasteiger partial charge is 0.467 e. The van der Waals surface area contributed by atoms with Crippen molar-refractivity contribution >= 4 is 44.0 Å². The number of carbonyl (C=O) groups excluding carboxylic acids is 1. The number of hydrazone groups is 1. The Morgan fingerprint density at radius 3 is 2.89 bits per heavy atom. The molecule has 1 aromatic heterocycles. The summed E-state index contributed by atoms with van der Waals surface area (Å²) in [7, 11) is 1.53. The summed E-state index contributed by atoms with van der Waals surface area (Å²) in [6, 6.07) is 9.51. The van der Waals surface area contributed by atoms with Crippen LogP contribution in [0.3, 0.4) is 0 Å². The van der Waals surface area contributed by atoms with Gasteiger partial charge in [-0.1, -0.05) is 28.1 Å². The van der Waals surface area contributed by atoms with Gasteiger partial charge in [0.1, 0.15) is 11.6 Å². The van der Waals surface area contributed by atoms with Crippen LogP contribution in [0.4, 0.5) is 0 Å². The summed E-state index contributed by atoms with van der Waals surface area (Å²) in [5.74, 6) is -0.392. The van der Waals surface area contributed by atoms with Crippen molar-refractivity contribution in [2.75, 3.05) is 13.7 Å². The molecule has 0 atom stereocenters. The standard InChI is InChI=1S/C18H16Br2N4O3/c1-11-17(20)15(9-26-2)14(7-21)18(23-11)27-10-16(25)24-22-8-12-4-3-5-13(19)6-12/h3-6,8H,9-10H2,1-2H3,(H,24,25)/b22-8-. The van der Waals surface area contributed by atoms with Crippen LogP contribution in [0.2, 0.25) is 0 Å². The Morgan fingerprint density at radius 1 is 1.44 bits per heavy atom. The number of halogens is 2. The average molecular weight is 496 g/mol. The average Bonchev–Trinajstić information content (AvgIpc) is 2.64. The second-order valence-corrected chi connectivity index (χ2v) is 7.06. The van der Waals surface area contributed by atoms with Crippen LogP contribution in [0.5, 0.6) is 5.88 Å². The molecule has 7 nitrogen and oxygen atoms in total. The molecule has 0 radical (unpaired) electrons. The van der Waals surface area contributed by atoms with Crippen LogP contribution in [0, 0.1) is 18.3 Å². The number of nitrogens with one attached hydrogen (secondary N) is 1. The van der Waals surface area contributed by atoms with Crippen molar-refractivity contribution in [2.45, 2.75) is 13.5 Å². The molecule has 9 heteroatoms. The number of aryl methyl sites for hydroxylation is 1. The second kappa shape index (κ2) is 10.2. The lowest BCUT2D eigenvalue weighted by molar-refractivity contribution is -0.123. The van der Waals surface area contributed by atoms with Crippen molar-refractivity contribution < 1.29 is 14.3 Å². The Kier molecular flexibility index (Phi) is 7.91. The van der Waals surface area contributed by atoms with E-state index < -0.39 is 5.91 Å². The van der Waals surface area contributed by atoms with Crippen LogP contribution in [0.25, 0.3) is 0 Å². The summed E-state index contributed by atoms with van der Waals surface area (Å²) >= 11 is 6.76. The van der Waals surface area contributed by atoms with Crippen LogP contribution < -0.4 is 10.2 Å². The zero-order chi connectivity index (χ0) is 19.8. The molecule has 0 aliphatic carbocycles. The monoisotopic (exact) mass is 494 g/mol. The molecule has 0 unspecified atom stereocenters. The molecule has 1 amide bonds. The molecule has 0 aliphatic rings. The van der Waals surface area contributed by atoms with Crippen LogP contribution in [-0.4, -0.2) is 30.8 Å². The van der Waals surface area contributed by atoms with E-state index in [1.54, 1.807) is 6.92 Å². The highest BCUT2D eigenvalue weighted by Gasteiger charge is 2.18. The van der Waals surface area contributed by atoms with Crippen LogP contribution in [0.15, 0.2) is 38.3 Å². The first-order chi connectivity index (χ1) is 13.0. The Morgan fingerprint density at radius 2 is 2.22 bits per heavy atom. The van der Waals surface area contributed by atoms with Gasteiger partial charge in [-0.25, -0.2) is 10.4 Å². The minimum absolute atomic E-state index is 0.0800. The Labute approximate surface area is 173 Å². The van der Waals surface area contributed by atoms with Gasteiger partial charge >= 0.3 is 0 Å². The fourth-order valence-electron chi connectivity index (χ4n) is 2.15. The predicted molar refractivity (Wildman–Crippen MR) is 107 cm³/mol. The van der Waals surface area contributed by atoms with Gasteiger partial charge in [-0.15, -0.1) is 0 Å². The summed E-state index contributed by atoms with van der Waals surface area (Å²) in [4.78, 5) is 16.2. The molecule has 1 heterocycles. The van der Waals surface area contributed by atoms with E-state index >= 15 is 0 Å². The van der Waals surface area contributed by atoms with Gasteiger partial charge in [0.25, 0.3) is 5.91 Å². The fourth-order valence-corrected chi connectivity index (χ4v) is 2.96. The topological polar surface area (TPSA) is 96.6 Å². The van der Waals surface area contributed by atoms with E-state index in [9.17, 15) is 10.1 Å². The molecule has 1 aromatic carbocycles. The van der Waals surface area contributed by atoms with Gasteiger partial charge in [-0.2, -0.15) is 10.4 Å². The number of methoxy groups -OCH3 is 1. The Balaban J connectivity index is 2.03. The number of pyridine rings is 1. The van der Waals surface area contributed by atoms with Crippen molar-refractivity contribution in [3.63, 3.8) is 0 Å². The SMILES string of the molecule is COCc1c(Br)c(C)nc(OCC(=O)N/N=C\c2cccc(Br)c2)c1C#N. The summed E-state index contributed by atoms with van der Waals surface area (Å²) in [5.41, 5.74) is 4.67. The van der Waals surface area contributed by atoms with Gasteiger partial charge in [0.15, 0.2) is 6.61 Å². The molecule has 140 valence electrons. The zero-order valence-corrected chi connectivity index (χ0v) is 17.8. The summed E-state index contributed by atoms with van der Waals surface area (Å²) in [6.07, 6.45) is 1.52. The normalized spacial score (nSPS) is 10.6. The van der Waals surface area contributed by atoms with Crippen molar-refractivity contribution in [1.82, 2.24) is 10.4 Å². The number of nitrogens with zero attached hydrogens (tertiary/aromatic N) is 3. The summed E-state index contributed by atoms with van der Waals surface area (Å²) in [5, 5.41) is 13.3. The molecule has 2 aromatic rings. The maximum atomic E-state index is 11.9. The quantitative estimate of drug-likeness (QED) is 0.468. The maximum absolute atomic E-state index is 11.9. The minimum atomic E-state index is -0.471. The number of carbonyl (C=O) groups is 1. The second-order valence-electron chi connectivity index (χ2n) is 5.35. The molecule has 0 aliphatic heterocycles. The van der Waals surface area contributed by atoms with E-state index in [0.29, 0.717) is 15.7 Å². The number of rotatable bonds is 7. The van der Waals surface area contributed by atoms with E-state index in [-0.39, 0.29) is 24.7 Å². The molecular formula is C18H16Br2N4O3. The maximum Gasteiger partial charge on any atom is 0.278 e. The highest BCUT2D eigenvalue weighted by molar-refractivity contribution is 9.10. The van der Waals surface area contributed by atoms with Crippen LogP contribution >= 0.6 is 31.9 Å². The van der Waals surface area contributed by atoms with E-state index in [1.165, 1.54) is 13.3 Å². The lowest BCUT2D eigenvalue weighted by Gasteiger charge is -2.13. The molecule has 0 saturated carbocycles. The molecule has 27 heavy (non-hydrogen) atoms. The fraction of sp³-hybridized carbons (Fsp3) is 0.222. The highest BCUT2D eigenvalue weighted by atomic mass is 79.9. The number of aromatic nitrogens is 1. The van der Waals surface area contributed by atoms with Gasteiger partial charge in [0.05, 0.1) is 18.5 Å². The molecule has 0 spiro atoms. The Hall–Kier alpha value is -2.28. The summed E-state index contributed by atoms with van der Waals surface area (Å²) < 4.78 is 12.1. The van der Waals surface area contributed by atoms with Crippen LogP contribution in [0.1, 0.15) is 22.4 Å². The van der Waals surface area contributed by atoms with Gasteiger partial charge in [-0.05, 0) is 40.5 Å². The first kappa shape index (κ1) is 21.0. The molecule has 2 rings (SSSR count). The molecule has 1 N–H and O–H groups in total. The molecule has 0 saturated heterocycles. The predicted octanol–water partition coefficient (Wildman–Crippen LogP) is 3.46. The first-order valence-corrected chi connectivity index (χ1v) is 9.33. The lowest BCUT2D eigenvalue weighted by atomic mass is 10.1. The highest BCUT2D eigenvalue weighted by Crippen LogP contribution is 2.29. The first-order valence-electron chi connectivity index (χ1n) is 7.74. The van der Waals surface area contributed by atoms with Gasteiger partial charge in [-0.3, -0.25) is 4.79 Å². The molecule has 0 fully saturated rings. The smallest absolute Gasteiger partial charge is 0.278 e. The summed E-state index contributed by atoms with van der Waals surface area (Å²) in [6.45, 7) is 1.65. The third kappa shape index (κ3) is 5.85. The van der Waals surface area contributed by atoms with Crippen molar-refractivity contribution in [2.24, 2.45) is 5.10 Å². The van der Waals surface area contributed by atoms with Gasteiger partial charge < -0.3 is 9.47 Å². The van der Waals surface area contributed by atoms with E-state index in [4.69, 9.17) is 9.47 Å². The third-order valence-electron chi connectivity index (χ3n) is 3.36. The molecule has 0 bridgehead atoms. The minimum Gasteiger partial charge on any atom is -0.467 e. The van der Waals surface area contributed by atoms with E-state index in [2.05, 4.69) is 47.4 Å². The number of hydrogen-bond acceptors (Lipinski definition) is 6. The van der Waals surface area contributed by atoms with Gasteiger partial charge in [0, 0.05) is 21.6 Å². The zero-order valence-electron chi connectivity index (χ0n) is 14.6. The Bertz CT molecular complexity index is 910. The number of nitriles is 1. The van der Waals surface area contributed by atoms with Crippen molar-refractivity contribution in [3.8, 4) is 11.9 Å². The van der Waals surface area contributed by atoms with E-state index in [1.807, 2.05) is 30.3 Å². The van der Waals surface area contributed by atoms with Crippen LogP contribution in [-0.2, 0) is 16.1 Å². The number of benzene rings is 1. The van der Waals surface area contributed by atoms with Crippen molar-refractivity contribution in [1.29, 1.82) is 5.26 Å². The van der Waals surface area contributed by atoms with Crippen molar-refractivity contribution in [3.05, 3.63) is 55.6 Å². The number of hydrogen-bond donors (Lipinski definition) is 1. The van der Waals surface area contributed by atoms with E-state index in [0.717, 1.165) is 10.0 Å². The number of amides is 1. The lowest BCUT2D eigenvalue weighted by Crippen LogP contribution is -2.25.